The first-order chi connectivity index (χ1) is 15.8. The lowest BCUT2D eigenvalue weighted by molar-refractivity contribution is 0.0276. The summed E-state index contributed by atoms with van der Waals surface area (Å²) in [4.78, 5) is 4.81. The topological polar surface area (TPSA) is 133 Å². The molecule has 0 amide bonds. The van der Waals surface area contributed by atoms with Crippen LogP contribution in [0.25, 0.3) is 0 Å². The van der Waals surface area contributed by atoms with Gasteiger partial charge in [-0.15, -0.1) is 0 Å². The number of ether oxygens (including phenoxy) is 3. The van der Waals surface area contributed by atoms with Gasteiger partial charge >= 0.3 is 0 Å². The fraction of sp³-hybridized carbons (Fsp3) is 0.318. The number of benzene rings is 2. The summed E-state index contributed by atoms with van der Waals surface area (Å²) in [7, 11) is 3.11. The molecular weight excluding hydrogens is 467 g/mol. The number of hydrogen-bond acceptors (Lipinski definition) is 9. The molecule has 1 saturated heterocycles. The number of nitrogens with two attached hydrogens (primary N) is 3. The summed E-state index contributed by atoms with van der Waals surface area (Å²) < 4.78 is 17.0. The second-order valence-corrected chi connectivity index (χ2v) is 8.38. The Labute approximate surface area is 202 Å². The predicted octanol–water partition coefficient (Wildman–Crippen LogP) is 2.64. The minimum absolute atomic E-state index is 0.0698. The summed E-state index contributed by atoms with van der Waals surface area (Å²) in [5, 5.41) is 5.15. The highest BCUT2D eigenvalue weighted by atomic mass is 35.5. The maximum absolute atomic E-state index is 6.60. The number of nitrogens with zero attached hydrogens (tertiary/aromatic N) is 2. The lowest BCUT2D eigenvalue weighted by atomic mass is 10.00. The first kappa shape index (κ1) is 23.5. The van der Waals surface area contributed by atoms with Crippen molar-refractivity contribution in [3.05, 3.63) is 62.9 Å². The molecule has 0 spiro atoms. The summed E-state index contributed by atoms with van der Waals surface area (Å²) in [6, 6.07) is 9.03. The van der Waals surface area contributed by atoms with Crippen molar-refractivity contribution in [3.63, 3.8) is 0 Å². The SMILES string of the molecule is COc1cc(C2CNCCO2)ccc1C1=NC(c2cc(N)c(Cl)cc2OC)N(N)C(N)=C1Cl. The highest BCUT2D eigenvalue weighted by Crippen LogP contribution is 2.40. The van der Waals surface area contributed by atoms with Gasteiger partial charge in [-0.2, -0.15) is 0 Å². The van der Waals surface area contributed by atoms with Crippen molar-refractivity contribution in [1.82, 2.24) is 10.3 Å². The molecule has 2 heterocycles. The van der Waals surface area contributed by atoms with E-state index in [1.807, 2.05) is 18.2 Å². The molecule has 0 aromatic heterocycles. The van der Waals surface area contributed by atoms with Gasteiger partial charge in [-0.3, -0.25) is 10.0 Å². The Hall–Kier alpha value is -2.69. The van der Waals surface area contributed by atoms with Gasteiger partial charge in [-0.1, -0.05) is 29.3 Å². The zero-order valence-corrected chi connectivity index (χ0v) is 19.8. The number of nitrogens with one attached hydrogen (secondary N) is 1. The van der Waals surface area contributed by atoms with Crippen molar-refractivity contribution in [1.29, 1.82) is 0 Å². The summed E-state index contributed by atoms with van der Waals surface area (Å²) >= 11 is 12.8. The Morgan fingerprint density at radius 2 is 1.88 bits per heavy atom. The molecule has 176 valence electrons. The summed E-state index contributed by atoms with van der Waals surface area (Å²) in [6.45, 7) is 2.20. The van der Waals surface area contributed by atoms with Crippen LogP contribution in [0.15, 0.2) is 46.2 Å². The zero-order chi connectivity index (χ0) is 23.7. The molecule has 33 heavy (non-hydrogen) atoms. The molecule has 0 bridgehead atoms. The van der Waals surface area contributed by atoms with Gasteiger partial charge in [-0.25, -0.2) is 5.84 Å². The summed E-state index contributed by atoms with van der Waals surface area (Å²) in [5.41, 5.74) is 15.3. The van der Waals surface area contributed by atoms with E-state index in [1.54, 1.807) is 19.2 Å². The van der Waals surface area contributed by atoms with Gasteiger partial charge in [0.15, 0.2) is 6.17 Å². The van der Waals surface area contributed by atoms with Gasteiger partial charge in [0, 0.05) is 30.3 Å². The maximum atomic E-state index is 6.60. The molecule has 7 N–H and O–H groups in total. The molecule has 0 saturated carbocycles. The van der Waals surface area contributed by atoms with Crippen molar-refractivity contribution in [3.8, 4) is 11.5 Å². The Kier molecular flexibility index (Phi) is 6.87. The zero-order valence-electron chi connectivity index (χ0n) is 18.3. The van der Waals surface area contributed by atoms with Crippen LogP contribution in [0.1, 0.15) is 29.0 Å². The Balaban J connectivity index is 1.80. The van der Waals surface area contributed by atoms with E-state index in [9.17, 15) is 0 Å². The van der Waals surface area contributed by atoms with Gasteiger partial charge in [0.1, 0.15) is 22.4 Å². The van der Waals surface area contributed by atoms with Crippen LogP contribution in [0.4, 0.5) is 5.69 Å². The summed E-state index contributed by atoms with van der Waals surface area (Å²) in [5.74, 6) is 7.46. The average molecular weight is 493 g/mol. The standard InChI is InChI=1S/C22H26Cl2N6O3/c1-31-16-7-11(18-10-28-5-6-33-18)3-4-12(16)20-19(24)21(26)30(27)22(29-20)13-8-15(25)14(23)9-17(13)32-2/h3-4,7-9,18,22,28H,5-6,10,25-27H2,1-2H3. The number of allylic oxidation sites excluding steroid dienone is 1. The third-order valence-electron chi connectivity index (χ3n) is 5.63. The second kappa shape index (κ2) is 9.66. The quantitative estimate of drug-likeness (QED) is 0.369. The van der Waals surface area contributed by atoms with Crippen LogP contribution >= 0.6 is 23.2 Å². The van der Waals surface area contributed by atoms with Crippen LogP contribution in [0, 0.1) is 0 Å². The van der Waals surface area contributed by atoms with Crippen LogP contribution in [0.5, 0.6) is 11.5 Å². The number of hydrogen-bond donors (Lipinski definition) is 4. The van der Waals surface area contributed by atoms with Gasteiger partial charge in [0.25, 0.3) is 0 Å². The molecule has 2 aliphatic rings. The summed E-state index contributed by atoms with van der Waals surface area (Å²) in [6.07, 6.45) is -0.827. The third-order valence-corrected chi connectivity index (χ3v) is 6.33. The second-order valence-electron chi connectivity index (χ2n) is 7.60. The molecule has 2 atom stereocenters. The average Bonchev–Trinajstić information content (AvgIpc) is 2.84. The first-order valence-corrected chi connectivity index (χ1v) is 11.0. The first-order valence-electron chi connectivity index (χ1n) is 10.3. The van der Waals surface area contributed by atoms with E-state index < -0.39 is 6.17 Å². The van der Waals surface area contributed by atoms with E-state index in [0.29, 0.717) is 45.7 Å². The van der Waals surface area contributed by atoms with Gasteiger partial charge in [-0.05, 0) is 23.8 Å². The number of methoxy groups -OCH3 is 2. The smallest absolute Gasteiger partial charge is 0.166 e. The van der Waals surface area contributed by atoms with Crippen LogP contribution in [-0.2, 0) is 4.74 Å². The molecule has 2 aromatic carbocycles. The van der Waals surface area contributed by atoms with E-state index >= 15 is 0 Å². The number of rotatable bonds is 5. The van der Waals surface area contributed by atoms with Crippen molar-refractivity contribution in [2.24, 2.45) is 16.6 Å². The van der Waals surface area contributed by atoms with Gasteiger partial charge < -0.3 is 31.0 Å². The highest BCUT2D eigenvalue weighted by Gasteiger charge is 2.32. The lowest BCUT2D eigenvalue weighted by Crippen LogP contribution is -2.41. The third kappa shape index (κ3) is 4.42. The monoisotopic (exact) mass is 492 g/mol. The van der Waals surface area contributed by atoms with Crippen molar-refractivity contribution in [2.45, 2.75) is 12.3 Å². The molecule has 9 nitrogen and oxygen atoms in total. The normalized spacial score (nSPS) is 21.1. The maximum Gasteiger partial charge on any atom is 0.166 e. The number of nitrogen functional groups attached to an aromatic ring is 1. The van der Waals surface area contributed by atoms with E-state index in [-0.39, 0.29) is 17.0 Å². The van der Waals surface area contributed by atoms with Crippen LogP contribution in [0.2, 0.25) is 5.02 Å². The van der Waals surface area contributed by atoms with Gasteiger partial charge in [0.2, 0.25) is 0 Å². The largest absolute Gasteiger partial charge is 0.496 e. The highest BCUT2D eigenvalue weighted by molar-refractivity contribution is 6.47. The van der Waals surface area contributed by atoms with E-state index in [1.165, 1.54) is 12.1 Å². The molecule has 11 heteroatoms. The van der Waals surface area contributed by atoms with E-state index in [2.05, 4.69) is 5.32 Å². The van der Waals surface area contributed by atoms with E-state index in [0.717, 1.165) is 18.7 Å². The van der Waals surface area contributed by atoms with Crippen molar-refractivity contribution >= 4 is 34.6 Å². The van der Waals surface area contributed by atoms with E-state index in [4.69, 9.17) is 59.7 Å². The molecule has 0 radical (unpaired) electrons. The number of aliphatic imine (C=N–C) groups is 1. The molecule has 1 fully saturated rings. The molecule has 2 aliphatic heterocycles. The number of hydrazine groups is 1. The Morgan fingerprint density at radius 1 is 1.12 bits per heavy atom. The predicted molar refractivity (Wildman–Crippen MR) is 129 cm³/mol. The number of anilines is 1. The van der Waals surface area contributed by atoms with Crippen molar-refractivity contribution in [2.75, 3.05) is 39.6 Å². The lowest BCUT2D eigenvalue weighted by Gasteiger charge is -2.33. The number of morpholine rings is 1. The van der Waals surface area contributed by atoms with Gasteiger partial charge in [0.05, 0.1) is 43.4 Å². The molecule has 2 aromatic rings. The van der Waals surface area contributed by atoms with Crippen LogP contribution in [-0.4, -0.2) is 44.6 Å². The van der Waals surface area contributed by atoms with Crippen LogP contribution < -0.4 is 32.1 Å². The minimum Gasteiger partial charge on any atom is -0.496 e. The fourth-order valence-corrected chi connectivity index (χ4v) is 4.27. The number of halogens is 2. The Morgan fingerprint density at radius 3 is 2.55 bits per heavy atom. The Bertz CT molecular complexity index is 1120. The molecular formula is C22H26Cl2N6O3. The van der Waals surface area contributed by atoms with Crippen LogP contribution in [0.3, 0.4) is 0 Å². The van der Waals surface area contributed by atoms with Crippen molar-refractivity contribution < 1.29 is 14.2 Å². The molecule has 4 rings (SSSR count). The molecule has 0 aliphatic carbocycles. The minimum atomic E-state index is -0.757. The molecule has 2 unspecified atom stereocenters. The fourth-order valence-electron chi connectivity index (χ4n) is 3.87.